The van der Waals surface area contributed by atoms with E-state index in [0.29, 0.717) is 18.1 Å². The van der Waals surface area contributed by atoms with E-state index in [-0.39, 0.29) is 5.92 Å². The number of aromatic amines is 1. The summed E-state index contributed by atoms with van der Waals surface area (Å²) in [6, 6.07) is 13.5. The summed E-state index contributed by atoms with van der Waals surface area (Å²) >= 11 is 0. The maximum atomic E-state index is 11.4. The molecule has 2 heterocycles. The molecule has 3 aromatic rings. The molecule has 5 nitrogen and oxygen atoms in total. The molecule has 0 fully saturated rings. The van der Waals surface area contributed by atoms with E-state index in [2.05, 4.69) is 15.0 Å². The van der Waals surface area contributed by atoms with Gasteiger partial charge < -0.3 is 15.5 Å². The third kappa shape index (κ3) is 3.03. The lowest BCUT2D eigenvalue weighted by molar-refractivity contribution is -0.109. The van der Waals surface area contributed by atoms with Gasteiger partial charge in [-0.25, -0.2) is 9.97 Å². The van der Waals surface area contributed by atoms with Crippen LogP contribution in [0.4, 0.5) is 5.82 Å². The van der Waals surface area contributed by atoms with Gasteiger partial charge in [0.1, 0.15) is 17.9 Å². The predicted molar refractivity (Wildman–Crippen MR) is 85.2 cm³/mol. The fourth-order valence-corrected chi connectivity index (χ4v) is 2.31. The number of carbonyl (C=O) groups is 1. The molecule has 2 aromatic heterocycles. The predicted octanol–water partition coefficient (Wildman–Crippen LogP) is 2.58. The number of nitrogen functional groups attached to an aromatic ring is 1. The Morgan fingerprint density at radius 2 is 1.91 bits per heavy atom. The van der Waals surface area contributed by atoms with Crippen LogP contribution in [0.3, 0.4) is 0 Å². The molecule has 110 valence electrons. The minimum absolute atomic E-state index is 0.294. The number of nitrogens with zero attached hydrogens (tertiary/aromatic N) is 2. The number of anilines is 1. The number of rotatable bonds is 5. The summed E-state index contributed by atoms with van der Waals surface area (Å²) in [6.45, 7) is 0. The molecule has 1 aromatic carbocycles. The van der Waals surface area contributed by atoms with Crippen LogP contribution in [0.25, 0.3) is 11.3 Å². The van der Waals surface area contributed by atoms with E-state index in [1.165, 1.54) is 0 Å². The zero-order chi connectivity index (χ0) is 15.4. The van der Waals surface area contributed by atoms with Gasteiger partial charge in [0.05, 0.1) is 17.8 Å². The van der Waals surface area contributed by atoms with Crippen LogP contribution >= 0.6 is 0 Å². The van der Waals surface area contributed by atoms with Crippen molar-refractivity contribution < 1.29 is 4.79 Å². The molecule has 3 rings (SSSR count). The Bertz CT molecular complexity index is 750. The number of nitrogens with two attached hydrogens (primary N) is 1. The first kappa shape index (κ1) is 14.0. The van der Waals surface area contributed by atoms with Gasteiger partial charge in [0.25, 0.3) is 0 Å². The summed E-state index contributed by atoms with van der Waals surface area (Å²) in [5.74, 6) is 0.835. The van der Waals surface area contributed by atoms with Gasteiger partial charge in [-0.15, -0.1) is 0 Å². The normalized spacial score (nSPS) is 12.0. The smallest absolute Gasteiger partial charge is 0.130 e. The lowest BCUT2D eigenvalue weighted by Crippen LogP contribution is -2.06. The van der Waals surface area contributed by atoms with E-state index < -0.39 is 0 Å². The average Bonchev–Trinajstić information content (AvgIpc) is 3.04. The largest absolute Gasteiger partial charge is 0.384 e. The number of hydrogen-bond acceptors (Lipinski definition) is 4. The summed E-state index contributed by atoms with van der Waals surface area (Å²) in [7, 11) is 0. The topological polar surface area (TPSA) is 84.7 Å². The van der Waals surface area contributed by atoms with Crippen molar-refractivity contribution >= 4 is 12.1 Å². The first-order valence-corrected chi connectivity index (χ1v) is 7.02. The van der Waals surface area contributed by atoms with Gasteiger partial charge in [-0.1, -0.05) is 30.3 Å². The van der Waals surface area contributed by atoms with Crippen LogP contribution in [-0.4, -0.2) is 21.2 Å². The van der Waals surface area contributed by atoms with Crippen LogP contribution in [0.15, 0.2) is 54.9 Å². The molecule has 0 saturated heterocycles. The van der Waals surface area contributed by atoms with Crippen LogP contribution < -0.4 is 5.73 Å². The third-order valence-electron chi connectivity index (χ3n) is 3.51. The molecule has 22 heavy (non-hydrogen) atoms. The highest BCUT2D eigenvalue weighted by Crippen LogP contribution is 2.21. The van der Waals surface area contributed by atoms with E-state index in [4.69, 9.17) is 5.73 Å². The third-order valence-corrected chi connectivity index (χ3v) is 3.51. The molecular formula is C17H16N4O. The number of aromatic nitrogens is 3. The summed E-state index contributed by atoms with van der Waals surface area (Å²) in [5, 5.41) is 0. The van der Waals surface area contributed by atoms with Gasteiger partial charge in [0.2, 0.25) is 0 Å². The van der Waals surface area contributed by atoms with Crippen molar-refractivity contribution in [3.8, 4) is 11.3 Å². The molecule has 0 bridgehead atoms. The van der Waals surface area contributed by atoms with Crippen molar-refractivity contribution in [2.45, 2.75) is 12.3 Å². The lowest BCUT2D eigenvalue weighted by atomic mass is 10.0. The quantitative estimate of drug-likeness (QED) is 0.708. The van der Waals surface area contributed by atoms with Gasteiger partial charge in [-0.2, -0.15) is 0 Å². The van der Waals surface area contributed by atoms with Crippen LogP contribution in [0, 0.1) is 0 Å². The number of imidazole rings is 1. The molecule has 0 spiro atoms. The Balaban J connectivity index is 1.82. The van der Waals surface area contributed by atoms with Crippen molar-refractivity contribution in [3.63, 3.8) is 0 Å². The number of nitrogens with one attached hydrogen (secondary N) is 1. The standard InChI is InChI=1S/C17H16N4O/c18-16-7-6-13(9-19-16)15-10-20-17(21-15)14(11-22)8-12-4-2-1-3-5-12/h1-7,9-11,14H,8H2,(H2,18,19)(H,20,21). The monoisotopic (exact) mass is 292 g/mol. The number of aldehydes is 1. The number of carbonyl (C=O) groups excluding carboxylic acids is 1. The Morgan fingerprint density at radius 1 is 1.09 bits per heavy atom. The van der Waals surface area contributed by atoms with Gasteiger partial charge in [-0.3, -0.25) is 0 Å². The van der Waals surface area contributed by atoms with E-state index in [0.717, 1.165) is 23.1 Å². The summed E-state index contributed by atoms with van der Waals surface area (Å²) < 4.78 is 0. The molecular weight excluding hydrogens is 276 g/mol. The van der Waals surface area contributed by atoms with Crippen LogP contribution in [0.5, 0.6) is 0 Å². The molecule has 1 unspecified atom stereocenters. The second-order valence-electron chi connectivity index (χ2n) is 5.09. The van der Waals surface area contributed by atoms with Crippen molar-refractivity contribution in [3.05, 3.63) is 66.2 Å². The second kappa shape index (κ2) is 6.22. The Labute approximate surface area is 128 Å². The molecule has 0 amide bonds. The zero-order valence-electron chi connectivity index (χ0n) is 11.9. The summed E-state index contributed by atoms with van der Waals surface area (Å²) in [4.78, 5) is 23.0. The maximum absolute atomic E-state index is 11.4. The number of benzene rings is 1. The van der Waals surface area contributed by atoms with Crippen LogP contribution in [-0.2, 0) is 11.2 Å². The number of pyridine rings is 1. The molecule has 0 aliphatic heterocycles. The van der Waals surface area contributed by atoms with Gasteiger partial charge in [-0.05, 0) is 24.1 Å². The zero-order valence-corrected chi connectivity index (χ0v) is 11.9. The van der Waals surface area contributed by atoms with E-state index in [9.17, 15) is 4.79 Å². The van der Waals surface area contributed by atoms with E-state index in [1.54, 1.807) is 18.5 Å². The minimum atomic E-state index is -0.294. The highest BCUT2D eigenvalue weighted by Gasteiger charge is 2.15. The van der Waals surface area contributed by atoms with Gasteiger partial charge in [0, 0.05) is 11.8 Å². The first-order valence-electron chi connectivity index (χ1n) is 7.02. The van der Waals surface area contributed by atoms with Crippen molar-refractivity contribution in [1.29, 1.82) is 0 Å². The van der Waals surface area contributed by atoms with Crippen LogP contribution in [0.1, 0.15) is 17.3 Å². The molecule has 5 heteroatoms. The van der Waals surface area contributed by atoms with Gasteiger partial charge in [0.15, 0.2) is 0 Å². The molecule has 0 aliphatic carbocycles. The van der Waals surface area contributed by atoms with Crippen molar-refractivity contribution in [2.75, 3.05) is 5.73 Å². The molecule has 0 aliphatic rings. The Hall–Kier alpha value is -2.95. The minimum Gasteiger partial charge on any atom is -0.384 e. The number of hydrogen-bond donors (Lipinski definition) is 2. The number of H-pyrrole nitrogens is 1. The SMILES string of the molecule is Nc1ccc(-c2cnc(C(C=O)Cc3ccccc3)[nH]2)cn1. The van der Waals surface area contributed by atoms with Crippen molar-refractivity contribution in [2.24, 2.45) is 0 Å². The molecule has 0 radical (unpaired) electrons. The molecule has 0 saturated carbocycles. The summed E-state index contributed by atoms with van der Waals surface area (Å²) in [6.07, 6.45) is 4.94. The fourth-order valence-electron chi connectivity index (χ4n) is 2.31. The van der Waals surface area contributed by atoms with Gasteiger partial charge >= 0.3 is 0 Å². The maximum Gasteiger partial charge on any atom is 0.130 e. The highest BCUT2D eigenvalue weighted by molar-refractivity contribution is 5.63. The first-order chi connectivity index (χ1) is 10.8. The van der Waals surface area contributed by atoms with Crippen molar-refractivity contribution in [1.82, 2.24) is 15.0 Å². The summed E-state index contributed by atoms with van der Waals surface area (Å²) in [5.41, 5.74) is 8.39. The fraction of sp³-hybridized carbons (Fsp3) is 0.118. The Morgan fingerprint density at radius 3 is 2.59 bits per heavy atom. The van der Waals surface area contributed by atoms with E-state index in [1.807, 2.05) is 36.4 Å². The molecule has 3 N–H and O–H groups in total. The van der Waals surface area contributed by atoms with E-state index >= 15 is 0 Å². The van der Waals surface area contributed by atoms with Crippen LogP contribution in [0.2, 0.25) is 0 Å². The average molecular weight is 292 g/mol. The highest BCUT2D eigenvalue weighted by atomic mass is 16.1. The molecule has 1 atom stereocenters. The Kier molecular flexibility index (Phi) is 3.96. The lowest BCUT2D eigenvalue weighted by Gasteiger charge is -2.07. The second-order valence-corrected chi connectivity index (χ2v) is 5.09.